The maximum absolute atomic E-state index is 5.45. The lowest BCUT2D eigenvalue weighted by molar-refractivity contribution is 0.583. The van der Waals surface area contributed by atoms with Crippen LogP contribution >= 0.6 is 0 Å². The fourth-order valence-corrected chi connectivity index (χ4v) is 0.341. The van der Waals surface area contributed by atoms with E-state index in [4.69, 9.17) is 5.73 Å². The Kier molecular flexibility index (Phi) is 2.85. The van der Waals surface area contributed by atoms with Crippen LogP contribution in [0.3, 0.4) is 0 Å². The second-order valence-electron chi connectivity index (χ2n) is 3.31. The van der Waals surface area contributed by atoms with Crippen molar-refractivity contribution in [3.8, 4) is 0 Å². The Balaban J connectivity index is 3.71. The van der Waals surface area contributed by atoms with Gasteiger partial charge in [0.2, 0.25) is 0 Å². The molecule has 1 atom stereocenters. The zero-order chi connectivity index (χ0) is 7.49. The summed E-state index contributed by atoms with van der Waals surface area (Å²) in [4.78, 5) is 4.21. The van der Waals surface area contributed by atoms with Gasteiger partial charge in [-0.2, -0.15) is 0 Å². The van der Waals surface area contributed by atoms with Crippen molar-refractivity contribution in [2.24, 2.45) is 10.7 Å². The number of aliphatic imine (C=N–C) groups is 1. The molecule has 54 valence electrons. The van der Waals surface area contributed by atoms with Crippen LogP contribution in [0.4, 0.5) is 0 Å². The second-order valence-corrected chi connectivity index (χ2v) is 3.31. The normalized spacial score (nSPS) is 16.6. The highest BCUT2D eigenvalue weighted by Crippen LogP contribution is 2.04. The molecule has 0 aromatic rings. The van der Waals surface area contributed by atoms with Crippen molar-refractivity contribution in [1.29, 1.82) is 0 Å². The van der Waals surface area contributed by atoms with Crippen molar-refractivity contribution >= 4 is 6.21 Å². The highest BCUT2D eigenvalue weighted by atomic mass is 14.8. The summed E-state index contributed by atoms with van der Waals surface area (Å²) in [6.07, 6.45) is 1.78. The van der Waals surface area contributed by atoms with Gasteiger partial charge in [-0.15, -0.1) is 0 Å². The third-order valence-electron chi connectivity index (χ3n) is 0.697. The fourth-order valence-electron chi connectivity index (χ4n) is 0.341. The molecule has 0 aliphatic carbocycles. The number of hydrogen-bond acceptors (Lipinski definition) is 2. The van der Waals surface area contributed by atoms with E-state index in [1.807, 2.05) is 27.7 Å². The van der Waals surface area contributed by atoms with E-state index in [0.717, 1.165) is 0 Å². The van der Waals surface area contributed by atoms with Crippen LogP contribution in [0.2, 0.25) is 0 Å². The van der Waals surface area contributed by atoms with Gasteiger partial charge in [0.15, 0.2) is 0 Å². The molecule has 2 nitrogen and oxygen atoms in total. The molecule has 0 rings (SSSR count). The Hall–Kier alpha value is -0.370. The lowest BCUT2D eigenvalue weighted by atomic mass is 10.1. The number of hydrogen-bond donors (Lipinski definition) is 1. The first-order chi connectivity index (χ1) is 3.92. The summed E-state index contributed by atoms with van der Waals surface area (Å²) >= 11 is 0. The molecule has 2 heteroatoms. The Morgan fingerprint density at radius 1 is 1.44 bits per heavy atom. The van der Waals surface area contributed by atoms with E-state index < -0.39 is 0 Å². The van der Waals surface area contributed by atoms with Crippen molar-refractivity contribution < 1.29 is 0 Å². The van der Waals surface area contributed by atoms with Gasteiger partial charge in [-0.3, -0.25) is 4.99 Å². The van der Waals surface area contributed by atoms with Gasteiger partial charge in [-0.05, 0) is 27.7 Å². The highest BCUT2D eigenvalue weighted by Gasteiger charge is 2.04. The van der Waals surface area contributed by atoms with E-state index in [1.54, 1.807) is 6.21 Å². The molecule has 0 saturated heterocycles. The van der Waals surface area contributed by atoms with Gasteiger partial charge in [-0.1, -0.05) is 0 Å². The van der Waals surface area contributed by atoms with Gasteiger partial charge in [0.1, 0.15) is 0 Å². The number of nitrogens with zero attached hydrogens (tertiary/aromatic N) is 1. The predicted molar refractivity (Wildman–Crippen MR) is 41.9 cm³/mol. The molecule has 0 fully saturated rings. The molecule has 0 spiro atoms. The maximum Gasteiger partial charge on any atom is 0.0520 e. The van der Waals surface area contributed by atoms with E-state index in [2.05, 4.69) is 4.99 Å². The molecule has 0 heterocycles. The Bertz CT molecular complexity index is 98.0. The molecule has 0 radical (unpaired) electrons. The summed E-state index contributed by atoms with van der Waals surface area (Å²) in [6, 6.07) is 0.0734. The monoisotopic (exact) mass is 128 g/mol. The third kappa shape index (κ3) is 7.63. The van der Waals surface area contributed by atoms with Gasteiger partial charge >= 0.3 is 0 Å². The molecule has 0 saturated carbocycles. The Morgan fingerprint density at radius 3 is 2.00 bits per heavy atom. The van der Waals surface area contributed by atoms with Crippen LogP contribution in [0.1, 0.15) is 27.7 Å². The molecular formula is C7H16N2. The Morgan fingerprint density at radius 2 is 1.89 bits per heavy atom. The molecular weight excluding hydrogens is 112 g/mol. The van der Waals surface area contributed by atoms with Crippen molar-refractivity contribution in [2.45, 2.75) is 39.3 Å². The minimum atomic E-state index is 0.0215. The van der Waals surface area contributed by atoms with Gasteiger partial charge in [0.25, 0.3) is 0 Å². The first-order valence-electron chi connectivity index (χ1n) is 3.23. The first-order valence-corrected chi connectivity index (χ1v) is 3.23. The molecule has 9 heavy (non-hydrogen) atoms. The topological polar surface area (TPSA) is 38.4 Å². The highest BCUT2D eigenvalue weighted by molar-refractivity contribution is 5.63. The molecule has 0 bridgehead atoms. The van der Waals surface area contributed by atoms with Crippen LogP contribution in [-0.2, 0) is 0 Å². The minimum Gasteiger partial charge on any atom is -0.323 e. The molecule has 0 aromatic heterocycles. The van der Waals surface area contributed by atoms with E-state index in [0.29, 0.717) is 0 Å². The summed E-state index contributed by atoms with van der Waals surface area (Å²) in [5.41, 5.74) is 5.47. The maximum atomic E-state index is 5.45. The van der Waals surface area contributed by atoms with Gasteiger partial charge in [-0.25, -0.2) is 0 Å². The number of nitrogens with two attached hydrogens (primary N) is 1. The summed E-state index contributed by atoms with van der Waals surface area (Å²) in [6.45, 7) is 8.05. The van der Waals surface area contributed by atoms with Crippen molar-refractivity contribution in [2.75, 3.05) is 0 Å². The summed E-state index contributed by atoms with van der Waals surface area (Å²) in [5.74, 6) is 0. The molecule has 2 N–H and O–H groups in total. The van der Waals surface area contributed by atoms with Crippen molar-refractivity contribution in [3.05, 3.63) is 0 Å². The molecule has 0 aromatic carbocycles. The second kappa shape index (κ2) is 2.97. The predicted octanol–water partition coefficient (Wildman–Crippen LogP) is 1.20. The quantitative estimate of drug-likeness (QED) is 0.529. The van der Waals surface area contributed by atoms with E-state index in [1.165, 1.54) is 0 Å². The minimum absolute atomic E-state index is 0.0215. The SMILES string of the molecule is CC(N)C=NC(C)(C)C. The molecule has 0 aliphatic heterocycles. The van der Waals surface area contributed by atoms with Crippen LogP contribution in [0, 0.1) is 0 Å². The number of rotatable bonds is 1. The third-order valence-corrected chi connectivity index (χ3v) is 0.697. The van der Waals surface area contributed by atoms with Crippen LogP contribution in [-0.4, -0.2) is 17.8 Å². The largest absolute Gasteiger partial charge is 0.323 e. The summed E-state index contributed by atoms with van der Waals surface area (Å²) in [5, 5.41) is 0. The first kappa shape index (κ1) is 8.63. The summed E-state index contributed by atoms with van der Waals surface area (Å²) in [7, 11) is 0. The smallest absolute Gasteiger partial charge is 0.0520 e. The van der Waals surface area contributed by atoms with E-state index in [9.17, 15) is 0 Å². The summed E-state index contributed by atoms with van der Waals surface area (Å²) < 4.78 is 0. The van der Waals surface area contributed by atoms with Gasteiger partial charge in [0.05, 0.1) is 5.54 Å². The van der Waals surface area contributed by atoms with E-state index in [-0.39, 0.29) is 11.6 Å². The van der Waals surface area contributed by atoms with Crippen LogP contribution in [0.25, 0.3) is 0 Å². The molecule has 0 amide bonds. The molecule has 1 unspecified atom stereocenters. The van der Waals surface area contributed by atoms with Crippen molar-refractivity contribution in [1.82, 2.24) is 0 Å². The average molecular weight is 128 g/mol. The van der Waals surface area contributed by atoms with E-state index >= 15 is 0 Å². The zero-order valence-corrected chi connectivity index (χ0v) is 6.68. The Labute approximate surface area is 57.2 Å². The van der Waals surface area contributed by atoms with Crippen LogP contribution in [0.15, 0.2) is 4.99 Å². The van der Waals surface area contributed by atoms with Crippen LogP contribution < -0.4 is 5.73 Å². The zero-order valence-electron chi connectivity index (χ0n) is 6.68. The lowest BCUT2D eigenvalue weighted by Gasteiger charge is -2.11. The fraction of sp³-hybridized carbons (Fsp3) is 0.857. The molecule has 0 aliphatic rings. The standard InChI is InChI=1S/C7H16N2/c1-6(8)5-9-7(2,3)4/h5-6H,8H2,1-4H3. The van der Waals surface area contributed by atoms with Gasteiger partial charge < -0.3 is 5.73 Å². The lowest BCUT2D eigenvalue weighted by Crippen LogP contribution is -2.19. The van der Waals surface area contributed by atoms with Crippen molar-refractivity contribution in [3.63, 3.8) is 0 Å². The van der Waals surface area contributed by atoms with Crippen LogP contribution in [0.5, 0.6) is 0 Å². The van der Waals surface area contributed by atoms with Gasteiger partial charge in [0, 0.05) is 12.3 Å². The average Bonchev–Trinajstić information content (AvgIpc) is 1.59.